The summed E-state index contributed by atoms with van der Waals surface area (Å²) < 4.78 is 0. The Labute approximate surface area is 130 Å². The Morgan fingerprint density at radius 3 is 2.18 bits per heavy atom. The fraction of sp³-hybridized carbons (Fsp3) is 0.238. The van der Waals surface area contributed by atoms with Crippen molar-refractivity contribution in [3.8, 4) is 0 Å². The van der Waals surface area contributed by atoms with Crippen LogP contribution in [-0.2, 0) is 0 Å². The van der Waals surface area contributed by atoms with E-state index in [-0.39, 0.29) is 0 Å². The van der Waals surface area contributed by atoms with Gasteiger partial charge < -0.3 is 5.32 Å². The highest BCUT2D eigenvalue weighted by atomic mass is 15.0. The van der Waals surface area contributed by atoms with Gasteiger partial charge in [-0.25, -0.2) is 0 Å². The lowest BCUT2D eigenvalue weighted by Gasteiger charge is -2.23. The van der Waals surface area contributed by atoms with Gasteiger partial charge in [-0.3, -0.25) is 0 Å². The fourth-order valence-electron chi connectivity index (χ4n) is 4.26. The molecular weight excluding hydrogens is 266 g/mol. The minimum Gasteiger partial charge on any atom is -0.307 e. The summed E-state index contributed by atoms with van der Waals surface area (Å²) in [5, 5.41) is 9.20. The van der Waals surface area contributed by atoms with Gasteiger partial charge in [0, 0.05) is 12.1 Å². The number of benzene rings is 3. The first-order chi connectivity index (χ1) is 10.9. The smallest absolute Gasteiger partial charge is 0.0259 e. The van der Waals surface area contributed by atoms with E-state index in [0.717, 1.165) is 6.42 Å². The molecule has 2 aliphatic heterocycles. The third-order valence-electron chi connectivity index (χ3n) is 5.24. The highest BCUT2D eigenvalue weighted by Gasteiger charge is 2.29. The standard InChI is InChI=1S/C21H19N/c1-3-7-19-14(5-1)11-15-6-2-4-8-20(15)21(19)16-12-17-9-10-18(13-16)22-17/h1-8,11-12,17-18,22H,9-10,13H2. The zero-order valence-corrected chi connectivity index (χ0v) is 12.5. The maximum Gasteiger partial charge on any atom is 0.0259 e. The molecule has 1 N–H and O–H groups in total. The van der Waals surface area contributed by atoms with E-state index in [0.29, 0.717) is 12.1 Å². The second-order valence-electron chi connectivity index (χ2n) is 6.64. The van der Waals surface area contributed by atoms with Crippen molar-refractivity contribution in [3.63, 3.8) is 0 Å². The highest BCUT2D eigenvalue weighted by molar-refractivity contribution is 6.09. The van der Waals surface area contributed by atoms with Crippen LogP contribution in [0.25, 0.3) is 27.1 Å². The molecule has 22 heavy (non-hydrogen) atoms. The van der Waals surface area contributed by atoms with E-state index in [9.17, 15) is 0 Å². The van der Waals surface area contributed by atoms with Gasteiger partial charge in [-0.2, -0.15) is 0 Å². The van der Waals surface area contributed by atoms with Crippen LogP contribution in [0.1, 0.15) is 24.8 Å². The molecular formula is C21H19N. The van der Waals surface area contributed by atoms with Crippen LogP contribution >= 0.6 is 0 Å². The lowest BCUT2D eigenvalue weighted by Crippen LogP contribution is -2.32. The van der Waals surface area contributed by atoms with Crippen molar-refractivity contribution in [3.05, 3.63) is 66.2 Å². The molecule has 0 aliphatic carbocycles. The normalized spacial score (nSPS) is 23.9. The van der Waals surface area contributed by atoms with Crippen LogP contribution in [0.3, 0.4) is 0 Å². The van der Waals surface area contributed by atoms with Crippen LogP contribution in [0.2, 0.25) is 0 Å². The molecule has 2 unspecified atom stereocenters. The largest absolute Gasteiger partial charge is 0.307 e. The quantitative estimate of drug-likeness (QED) is 0.627. The zero-order valence-electron chi connectivity index (χ0n) is 12.5. The summed E-state index contributed by atoms with van der Waals surface area (Å²) in [6.07, 6.45) is 6.25. The minimum absolute atomic E-state index is 0.575. The number of fused-ring (bicyclic) bond motifs is 4. The lowest BCUT2D eigenvalue weighted by atomic mass is 9.88. The molecule has 3 aromatic rings. The van der Waals surface area contributed by atoms with Crippen molar-refractivity contribution < 1.29 is 0 Å². The van der Waals surface area contributed by atoms with Crippen LogP contribution in [0.5, 0.6) is 0 Å². The average Bonchev–Trinajstić information content (AvgIpc) is 2.90. The van der Waals surface area contributed by atoms with Crippen molar-refractivity contribution in [2.75, 3.05) is 0 Å². The molecule has 1 nitrogen and oxygen atoms in total. The first-order valence-corrected chi connectivity index (χ1v) is 8.26. The molecule has 0 spiro atoms. The second-order valence-corrected chi connectivity index (χ2v) is 6.64. The van der Waals surface area contributed by atoms with Gasteiger partial charge in [-0.1, -0.05) is 54.6 Å². The summed E-state index contributed by atoms with van der Waals surface area (Å²) in [5.74, 6) is 0. The molecule has 1 fully saturated rings. The Hall–Kier alpha value is -2.12. The number of rotatable bonds is 1. The van der Waals surface area contributed by atoms with Gasteiger partial charge in [0.15, 0.2) is 0 Å². The summed E-state index contributed by atoms with van der Waals surface area (Å²) in [5.41, 5.74) is 3.01. The molecule has 1 saturated heterocycles. The van der Waals surface area contributed by atoms with Crippen molar-refractivity contribution in [2.45, 2.75) is 31.3 Å². The molecule has 0 saturated carbocycles. The lowest BCUT2D eigenvalue weighted by molar-refractivity contribution is 0.575. The molecule has 2 heterocycles. The number of hydrogen-bond donors (Lipinski definition) is 1. The summed E-state index contributed by atoms with van der Waals surface area (Å²) in [6, 6.07) is 21.2. The average molecular weight is 285 g/mol. The third-order valence-corrected chi connectivity index (χ3v) is 5.24. The monoisotopic (exact) mass is 285 g/mol. The minimum atomic E-state index is 0.575. The van der Waals surface area contributed by atoms with Crippen molar-refractivity contribution >= 4 is 27.1 Å². The van der Waals surface area contributed by atoms with Crippen molar-refractivity contribution in [2.24, 2.45) is 0 Å². The summed E-state index contributed by atoms with van der Waals surface area (Å²) in [4.78, 5) is 0. The Balaban J connectivity index is 1.86. The van der Waals surface area contributed by atoms with E-state index >= 15 is 0 Å². The molecule has 2 bridgehead atoms. The predicted molar refractivity (Wildman–Crippen MR) is 94.0 cm³/mol. The number of hydrogen-bond acceptors (Lipinski definition) is 1. The Morgan fingerprint density at radius 1 is 0.818 bits per heavy atom. The Morgan fingerprint density at radius 2 is 1.50 bits per heavy atom. The highest BCUT2D eigenvalue weighted by Crippen LogP contribution is 2.39. The van der Waals surface area contributed by atoms with Crippen LogP contribution in [-0.4, -0.2) is 12.1 Å². The maximum atomic E-state index is 3.71. The fourth-order valence-corrected chi connectivity index (χ4v) is 4.26. The summed E-state index contributed by atoms with van der Waals surface area (Å²) >= 11 is 0. The van der Waals surface area contributed by atoms with Gasteiger partial charge in [0.2, 0.25) is 0 Å². The Bertz CT molecular complexity index is 852. The van der Waals surface area contributed by atoms with Gasteiger partial charge in [0.25, 0.3) is 0 Å². The van der Waals surface area contributed by atoms with Gasteiger partial charge in [0.05, 0.1) is 0 Å². The number of nitrogens with one attached hydrogen (secondary N) is 1. The first-order valence-electron chi connectivity index (χ1n) is 8.26. The van der Waals surface area contributed by atoms with E-state index in [2.05, 4.69) is 66.0 Å². The molecule has 2 aliphatic rings. The van der Waals surface area contributed by atoms with E-state index in [1.807, 2.05) is 0 Å². The molecule has 0 radical (unpaired) electrons. The summed E-state index contributed by atoms with van der Waals surface area (Å²) in [7, 11) is 0. The van der Waals surface area contributed by atoms with Crippen molar-refractivity contribution in [1.82, 2.24) is 5.32 Å². The molecule has 2 atom stereocenters. The molecule has 0 aromatic heterocycles. The molecule has 1 heteroatoms. The third kappa shape index (κ3) is 1.82. The Kier molecular flexibility index (Phi) is 2.65. The van der Waals surface area contributed by atoms with Crippen LogP contribution in [0.15, 0.2) is 60.7 Å². The predicted octanol–water partition coefficient (Wildman–Crippen LogP) is 4.90. The molecule has 0 amide bonds. The van der Waals surface area contributed by atoms with E-state index < -0.39 is 0 Å². The van der Waals surface area contributed by atoms with Gasteiger partial charge >= 0.3 is 0 Å². The van der Waals surface area contributed by atoms with Crippen molar-refractivity contribution in [1.29, 1.82) is 0 Å². The van der Waals surface area contributed by atoms with Crippen LogP contribution in [0.4, 0.5) is 0 Å². The van der Waals surface area contributed by atoms with E-state index in [1.165, 1.54) is 39.9 Å². The van der Waals surface area contributed by atoms with Gasteiger partial charge in [0.1, 0.15) is 0 Å². The van der Waals surface area contributed by atoms with Gasteiger partial charge in [-0.05, 0) is 58.0 Å². The zero-order chi connectivity index (χ0) is 14.5. The molecule has 108 valence electrons. The van der Waals surface area contributed by atoms with E-state index in [1.54, 1.807) is 5.57 Å². The first kappa shape index (κ1) is 12.4. The van der Waals surface area contributed by atoms with E-state index in [4.69, 9.17) is 0 Å². The van der Waals surface area contributed by atoms with Crippen LogP contribution < -0.4 is 5.32 Å². The van der Waals surface area contributed by atoms with Crippen LogP contribution in [0, 0.1) is 0 Å². The summed E-state index contributed by atoms with van der Waals surface area (Å²) in [6.45, 7) is 0. The topological polar surface area (TPSA) is 12.0 Å². The van der Waals surface area contributed by atoms with Gasteiger partial charge in [-0.15, -0.1) is 0 Å². The second kappa shape index (κ2) is 4.69. The maximum absolute atomic E-state index is 3.71. The SMILES string of the molecule is C1=C(c2c3ccccc3cc3ccccc23)CC2CCC1N2. The molecule has 3 aromatic carbocycles. The molecule has 5 rings (SSSR count).